The summed E-state index contributed by atoms with van der Waals surface area (Å²) in [5, 5.41) is 11.2. The number of amides is 1. The van der Waals surface area contributed by atoms with Gasteiger partial charge in [-0.25, -0.2) is 10.0 Å². The Kier molecular flexibility index (Phi) is 5.25. The van der Waals surface area contributed by atoms with Crippen molar-refractivity contribution < 1.29 is 9.21 Å². The molecule has 2 aromatic carbocycles. The summed E-state index contributed by atoms with van der Waals surface area (Å²) in [6.45, 7) is 3.73. The lowest BCUT2D eigenvalue weighted by atomic mass is 10.1. The van der Waals surface area contributed by atoms with Gasteiger partial charge in [-0.15, -0.1) is 11.7 Å². The number of nitrogens with zero attached hydrogens (tertiary/aromatic N) is 3. The smallest absolute Gasteiger partial charge is 0.276 e. The SMILES string of the molecule is C=CCSC1=NN2C(=c3ccccc3=NC2c2ccc(-c3cccc(Br)c3)o2)C(=O)N1. The summed E-state index contributed by atoms with van der Waals surface area (Å²) >= 11 is 4.90. The molecular weight excluding hydrogens is 476 g/mol. The Labute approximate surface area is 191 Å². The number of thioether (sulfide) groups is 1. The molecule has 3 aromatic rings. The number of furan rings is 1. The molecule has 0 spiro atoms. The molecule has 2 aliphatic rings. The van der Waals surface area contributed by atoms with Crippen LogP contribution in [0.3, 0.4) is 0 Å². The van der Waals surface area contributed by atoms with E-state index in [-0.39, 0.29) is 5.91 Å². The number of carbonyl (C=O) groups is 1. The van der Waals surface area contributed by atoms with Crippen molar-refractivity contribution in [3.05, 3.63) is 94.1 Å². The van der Waals surface area contributed by atoms with Crippen LogP contribution < -0.4 is 15.9 Å². The van der Waals surface area contributed by atoms with Gasteiger partial charge in [-0.2, -0.15) is 0 Å². The molecule has 6 nitrogen and oxygen atoms in total. The van der Waals surface area contributed by atoms with Crippen molar-refractivity contribution in [1.29, 1.82) is 0 Å². The number of carbonyl (C=O) groups excluding carboxylic acids is 1. The molecule has 8 heteroatoms. The van der Waals surface area contributed by atoms with E-state index < -0.39 is 6.17 Å². The number of fused-ring (bicyclic) bond motifs is 2. The first-order valence-electron chi connectivity index (χ1n) is 9.60. The number of hydrogen-bond acceptors (Lipinski definition) is 6. The van der Waals surface area contributed by atoms with E-state index in [0.717, 1.165) is 26.4 Å². The lowest BCUT2D eigenvalue weighted by molar-refractivity contribution is -0.116. The zero-order valence-electron chi connectivity index (χ0n) is 16.3. The van der Waals surface area contributed by atoms with Crippen molar-refractivity contribution in [3.8, 4) is 11.3 Å². The molecule has 1 unspecified atom stereocenters. The van der Waals surface area contributed by atoms with Gasteiger partial charge >= 0.3 is 0 Å². The van der Waals surface area contributed by atoms with Crippen LogP contribution >= 0.6 is 27.7 Å². The van der Waals surface area contributed by atoms with Gasteiger partial charge in [0.2, 0.25) is 6.17 Å². The molecule has 154 valence electrons. The number of amidine groups is 1. The fourth-order valence-electron chi connectivity index (χ4n) is 3.50. The van der Waals surface area contributed by atoms with E-state index in [1.165, 1.54) is 11.8 Å². The molecule has 1 aromatic heterocycles. The summed E-state index contributed by atoms with van der Waals surface area (Å²) in [7, 11) is 0. The highest BCUT2D eigenvalue weighted by atomic mass is 79.9. The van der Waals surface area contributed by atoms with Crippen molar-refractivity contribution >= 4 is 44.5 Å². The Morgan fingerprint density at radius 3 is 2.90 bits per heavy atom. The summed E-state index contributed by atoms with van der Waals surface area (Å²) < 4.78 is 7.15. The standard InChI is InChI=1S/C23H17BrN4O2S/c1-2-12-31-23-26-22(29)20-16-8-3-4-9-17(16)25-21(28(20)27-23)19-11-10-18(30-19)14-6-5-7-15(24)13-14/h2-11,13,21H,1,12H2,(H,26,27,29). The van der Waals surface area contributed by atoms with Crippen LogP contribution in [0.25, 0.3) is 17.0 Å². The molecule has 3 heterocycles. The molecule has 0 aliphatic carbocycles. The van der Waals surface area contributed by atoms with Gasteiger partial charge < -0.3 is 4.42 Å². The second kappa shape index (κ2) is 8.20. The van der Waals surface area contributed by atoms with Gasteiger partial charge in [0, 0.05) is 21.0 Å². The number of hydrogen-bond donors (Lipinski definition) is 1. The molecule has 2 aliphatic heterocycles. The van der Waals surface area contributed by atoms with Crippen LogP contribution in [0, 0.1) is 0 Å². The number of halogens is 1. The zero-order valence-corrected chi connectivity index (χ0v) is 18.7. The predicted octanol–water partition coefficient (Wildman–Crippen LogP) is 3.77. The molecule has 1 atom stereocenters. The lowest BCUT2D eigenvalue weighted by Gasteiger charge is -2.32. The van der Waals surface area contributed by atoms with Crippen LogP contribution in [0.1, 0.15) is 11.9 Å². The monoisotopic (exact) mass is 492 g/mol. The maximum Gasteiger partial charge on any atom is 0.276 e. The highest BCUT2D eigenvalue weighted by Crippen LogP contribution is 2.34. The number of rotatable bonds is 4. The topological polar surface area (TPSA) is 70.2 Å². The average Bonchev–Trinajstić information content (AvgIpc) is 3.27. The molecule has 0 radical (unpaired) electrons. The Hall–Kier alpha value is -3.10. The third-order valence-electron chi connectivity index (χ3n) is 4.84. The largest absolute Gasteiger partial charge is 0.457 e. The van der Waals surface area contributed by atoms with Crippen LogP contribution in [-0.2, 0) is 4.79 Å². The maximum atomic E-state index is 13.0. The van der Waals surface area contributed by atoms with E-state index in [1.807, 2.05) is 60.7 Å². The van der Waals surface area contributed by atoms with Gasteiger partial charge in [0.15, 0.2) is 10.9 Å². The fourth-order valence-corrected chi connectivity index (χ4v) is 4.49. The highest BCUT2D eigenvalue weighted by Gasteiger charge is 2.35. The minimum Gasteiger partial charge on any atom is -0.457 e. The molecule has 31 heavy (non-hydrogen) atoms. The van der Waals surface area contributed by atoms with Gasteiger partial charge in [0.25, 0.3) is 5.91 Å². The fraction of sp³-hybridized carbons (Fsp3) is 0.0870. The van der Waals surface area contributed by atoms with Crippen LogP contribution in [0.4, 0.5) is 0 Å². The second-order valence-corrected chi connectivity index (χ2v) is 8.81. The predicted molar refractivity (Wildman–Crippen MR) is 125 cm³/mol. The highest BCUT2D eigenvalue weighted by molar-refractivity contribution is 9.10. The minimum absolute atomic E-state index is 0.215. The Bertz CT molecular complexity index is 1350. The zero-order chi connectivity index (χ0) is 21.4. The Balaban J connectivity index is 1.62. The van der Waals surface area contributed by atoms with Crippen molar-refractivity contribution in [2.24, 2.45) is 10.1 Å². The quantitative estimate of drug-likeness (QED) is 0.562. The van der Waals surface area contributed by atoms with E-state index in [9.17, 15) is 4.79 Å². The third-order valence-corrected chi connectivity index (χ3v) is 6.20. The first-order chi connectivity index (χ1) is 15.1. The number of para-hydroxylation sites is 1. The third kappa shape index (κ3) is 3.73. The van der Waals surface area contributed by atoms with Crippen LogP contribution in [0.15, 0.2) is 92.3 Å². The Morgan fingerprint density at radius 2 is 2.06 bits per heavy atom. The van der Waals surface area contributed by atoms with Crippen molar-refractivity contribution in [2.75, 3.05) is 5.75 Å². The van der Waals surface area contributed by atoms with E-state index >= 15 is 0 Å². The number of nitrogens with one attached hydrogen (secondary N) is 1. The summed E-state index contributed by atoms with van der Waals surface area (Å²) in [6, 6.07) is 19.2. The van der Waals surface area contributed by atoms with Crippen molar-refractivity contribution in [1.82, 2.24) is 10.3 Å². The summed E-state index contributed by atoms with van der Waals surface area (Å²) in [5.74, 6) is 1.74. The number of hydrazone groups is 1. The first-order valence-corrected chi connectivity index (χ1v) is 11.4. The van der Waals surface area contributed by atoms with Crippen LogP contribution in [-0.4, -0.2) is 21.8 Å². The summed E-state index contributed by atoms with van der Waals surface area (Å²) in [6.07, 6.45) is 1.18. The maximum absolute atomic E-state index is 13.0. The van der Waals surface area contributed by atoms with Crippen molar-refractivity contribution in [3.63, 3.8) is 0 Å². The molecule has 0 saturated carbocycles. The first kappa shape index (κ1) is 19.8. The second-order valence-electron chi connectivity index (χ2n) is 6.88. The summed E-state index contributed by atoms with van der Waals surface area (Å²) in [5.41, 5.74) is 1.40. The van der Waals surface area contributed by atoms with E-state index in [4.69, 9.17) is 9.41 Å². The molecule has 0 saturated heterocycles. The van der Waals surface area contributed by atoms with Gasteiger partial charge in [0.1, 0.15) is 11.5 Å². The van der Waals surface area contributed by atoms with Gasteiger partial charge in [-0.05, 0) is 30.3 Å². The van der Waals surface area contributed by atoms with Gasteiger partial charge in [-0.1, -0.05) is 64.1 Å². The summed E-state index contributed by atoms with van der Waals surface area (Å²) in [4.78, 5) is 17.9. The van der Waals surface area contributed by atoms with Crippen LogP contribution in [0.5, 0.6) is 0 Å². The Morgan fingerprint density at radius 1 is 1.19 bits per heavy atom. The van der Waals surface area contributed by atoms with Crippen LogP contribution in [0.2, 0.25) is 0 Å². The average molecular weight is 493 g/mol. The molecule has 0 fully saturated rings. The van der Waals surface area contributed by atoms with E-state index in [0.29, 0.717) is 22.4 Å². The van der Waals surface area contributed by atoms with E-state index in [2.05, 4.69) is 32.9 Å². The molecule has 0 bridgehead atoms. The van der Waals surface area contributed by atoms with Gasteiger partial charge in [-0.3, -0.25) is 10.1 Å². The molecule has 1 amide bonds. The minimum atomic E-state index is -0.587. The van der Waals surface area contributed by atoms with Gasteiger partial charge in [0.05, 0.1) is 5.36 Å². The normalized spacial score (nSPS) is 17.3. The lowest BCUT2D eigenvalue weighted by Crippen LogP contribution is -2.50. The molecule has 1 N–H and O–H groups in total. The van der Waals surface area contributed by atoms with E-state index in [1.54, 1.807) is 11.1 Å². The number of benzene rings is 2. The van der Waals surface area contributed by atoms with Crippen molar-refractivity contribution in [2.45, 2.75) is 6.17 Å². The molecular formula is C23H17BrN4O2S. The molecule has 5 rings (SSSR count).